The maximum Gasteiger partial charge on any atom is 0.305 e. The second kappa shape index (κ2) is 7.49. The van der Waals surface area contributed by atoms with E-state index in [1.807, 2.05) is 26.0 Å². The largest absolute Gasteiger partial charge is 0.481 e. The molecule has 0 spiro atoms. The maximum absolute atomic E-state index is 12.9. The summed E-state index contributed by atoms with van der Waals surface area (Å²) >= 11 is 0. The summed E-state index contributed by atoms with van der Waals surface area (Å²) in [6.45, 7) is 3.78. The van der Waals surface area contributed by atoms with Gasteiger partial charge in [0.25, 0.3) is 10.0 Å². The highest BCUT2D eigenvalue weighted by molar-refractivity contribution is 7.92. The molecule has 2 rings (SSSR count). The Labute approximate surface area is 142 Å². The first-order chi connectivity index (χ1) is 11.3. The van der Waals surface area contributed by atoms with Crippen molar-refractivity contribution in [2.75, 3.05) is 10.8 Å². The number of aliphatic carboxylic acids is 1. The van der Waals surface area contributed by atoms with E-state index in [2.05, 4.69) is 0 Å². The molecular weight excluding hydrogens is 326 g/mol. The Balaban J connectivity index is 2.43. The van der Waals surface area contributed by atoms with Crippen molar-refractivity contribution in [3.8, 4) is 0 Å². The van der Waals surface area contributed by atoms with E-state index in [-0.39, 0.29) is 17.9 Å². The highest BCUT2D eigenvalue weighted by Gasteiger charge is 2.25. The number of hydrogen-bond donors (Lipinski definition) is 1. The standard InChI is InChI=1S/C18H21NO4S/c1-3-15-6-8-16(9-7-15)19(13-12-18(20)21)24(22,23)17-10-4-14(2)5-11-17/h4-11H,3,12-13H2,1-2H3,(H,20,21). The van der Waals surface area contributed by atoms with Gasteiger partial charge in [-0.3, -0.25) is 9.10 Å². The van der Waals surface area contributed by atoms with Gasteiger partial charge in [-0.2, -0.15) is 0 Å². The Morgan fingerprint density at radius 1 is 1.04 bits per heavy atom. The SMILES string of the molecule is CCc1ccc(N(CCC(=O)O)S(=O)(=O)c2ccc(C)cc2)cc1. The predicted octanol–water partition coefficient (Wildman–Crippen LogP) is 3.23. The molecule has 0 saturated carbocycles. The molecular formula is C18H21NO4S. The highest BCUT2D eigenvalue weighted by atomic mass is 32.2. The molecule has 0 radical (unpaired) electrons. The molecule has 0 heterocycles. The summed E-state index contributed by atoms with van der Waals surface area (Å²) in [5.74, 6) is -1.04. The van der Waals surface area contributed by atoms with Crippen LogP contribution in [0.1, 0.15) is 24.5 Å². The van der Waals surface area contributed by atoms with Crippen LogP contribution in [0.2, 0.25) is 0 Å². The fourth-order valence-electron chi connectivity index (χ4n) is 2.32. The minimum atomic E-state index is -3.82. The third kappa shape index (κ3) is 4.14. The van der Waals surface area contributed by atoms with Crippen LogP contribution in [0.4, 0.5) is 5.69 Å². The van der Waals surface area contributed by atoms with Gasteiger partial charge in [0.1, 0.15) is 0 Å². The molecule has 6 heteroatoms. The Morgan fingerprint density at radius 3 is 2.12 bits per heavy atom. The van der Waals surface area contributed by atoms with Gasteiger partial charge in [-0.25, -0.2) is 8.42 Å². The molecule has 0 bridgehead atoms. The number of carbonyl (C=O) groups is 1. The number of rotatable bonds is 7. The minimum absolute atomic E-state index is 0.114. The van der Waals surface area contributed by atoms with E-state index in [1.165, 1.54) is 0 Å². The predicted molar refractivity (Wildman–Crippen MR) is 93.8 cm³/mol. The van der Waals surface area contributed by atoms with Crippen molar-refractivity contribution in [3.05, 3.63) is 59.7 Å². The monoisotopic (exact) mass is 347 g/mol. The van der Waals surface area contributed by atoms with Crippen LogP contribution in [0, 0.1) is 6.92 Å². The van der Waals surface area contributed by atoms with E-state index >= 15 is 0 Å². The summed E-state index contributed by atoms with van der Waals surface area (Å²) in [5.41, 5.74) is 2.51. The third-order valence-corrected chi connectivity index (χ3v) is 5.61. The first-order valence-electron chi connectivity index (χ1n) is 7.74. The molecule has 5 nitrogen and oxygen atoms in total. The molecule has 0 saturated heterocycles. The zero-order valence-corrected chi connectivity index (χ0v) is 14.6. The molecule has 0 aliphatic rings. The summed E-state index contributed by atoms with van der Waals surface area (Å²) in [5, 5.41) is 8.94. The van der Waals surface area contributed by atoms with E-state index < -0.39 is 16.0 Å². The van der Waals surface area contributed by atoms with Crippen LogP contribution in [-0.4, -0.2) is 26.0 Å². The highest BCUT2D eigenvalue weighted by Crippen LogP contribution is 2.25. The summed E-state index contributed by atoms with van der Waals surface area (Å²) in [6.07, 6.45) is 0.584. The number of anilines is 1. The number of carboxylic acids is 1. The summed E-state index contributed by atoms with van der Waals surface area (Å²) < 4.78 is 27.0. The van der Waals surface area contributed by atoms with Crippen molar-refractivity contribution >= 4 is 21.7 Å². The lowest BCUT2D eigenvalue weighted by Crippen LogP contribution is -2.33. The molecule has 0 unspecified atom stereocenters. The molecule has 0 amide bonds. The molecule has 0 fully saturated rings. The van der Waals surface area contributed by atoms with Crippen molar-refractivity contribution in [1.82, 2.24) is 0 Å². The van der Waals surface area contributed by atoms with Crippen molar-refractivity contribution < 1.29 is 18.3 Å². The third-order valence-electron chi connectivity index (χ3n) is 3.77. The van der Waals surface area contributed by atoms with Gasteiger partial charge in [0, 0.05) is 6.54 Å². The van der Waals surface area contributed by atoms with Crippen molar-refractivity contribution in [1.29, 1.82) is 0 Å². The Hall–Kier alpha value is -2.34. The van der Waals surface area contributed by atoms with Crippen LogP contribution < -0.4 is 4.31 Å². The lowest BCUT2D eigenvalue weighted by molar-refractivity contribution is -0.136. The topological polar surface area (TPSA) is 74.7 Å². The molecule has 0 aromatic heterocycles. The normalized spacial score (nSPS) is 11.2. The van der Waals surface area contributed by atoms with Crippen molar-refractivity contribution in [2.24, 2.45) is 0 Å². The zero-order chi connectivity index (χ0) is 17.7. The first-order valence-corrected chi connectivity index (χ1v) is 9.18. The lowest BCUT2D eigenvalue weighted by Gasteiger charge is -2.24. The van der Waals surface area contributed by atoms with Gasteiger partial charge in [-0.05, 0) is 43.2 Å². The fraction of sp³-hybridized carbons (Fsp3) is 0.278. The summed E-state index contributed by atoms with van der Waals surface area (Å²) in [6, 6.07) is 13.7. The summed E-state index contributed by atoms with van der Waals surface area (Å²) in [7, 11) is -3.82. The number of carboxylic acid groups (broad SMARTS) is 1. The second-order valence-corrected chi connectivity index (χ2v) is 7.42. The van der Waals surface area contributed by atoms with Crippen molar-refractivity contribution in [3.63, 3.8) is 0 Å². The van der Waals surface area contributed by atoms with E-state index in [4.69, 9.17) is 5.11 Å². The van der Waals surface area contributed by atoms with Gasteiger partial charge >= 0.3 is 5.97 Å². The van der Waals surface area contributed by atoms with Gasteiger partial charge in [0.05, 0.1) is 17.0 Å². The number of nitrogens with zero attached hydrogens (tertiary/aromatic N) is 1. The minimum Gasteiger partial charge on any atom is -0.481 e. The number of hydrogen-bond acceptors (Lipinski definition) is 3. The second-order valence-electron chi connectivity index (χ2n) is 5.55. The molecule has 0 aliphatic heterocycles. The van der Waals surface area contributed by atoms with Crippen LogP contribution in [0.15, 0.2) is 53.4 Å². The number of aryl methyl sites for hydroxylation is 2. The maximum atomic E-state index is 12.9. The molecule has 2 aromatic carbocycles. The smallest absolute Gasteiger partial charge is 0.305 e. The lowest BCUT2D eigenvalue weighted by atomic mass is 10.1. The van der Waals surface area contributed by atoms with Crippen LogP contribution in [-0.2, 0) is 21.2 Å². The average molecular weight is 347 g/mol. The van der Waals surface area contributed by atoms with E-state index in [0.29, 0.717) is 5.69 Å². The number of benzene rings is 2. The van der Waals surface area contributed by atoms with Gasteiger partial charge in [-0.15, -0.1) is 0 Å². The van der Waals surface area contributed by atoms with Crippen LogP contribution in [0.25, 0.3) is 0 Å². The Bertz CT molecular complexity index is 796. The van der Waals surface area contributed by atoms with Gasteiger partial charge < -0.3 is 5.11 Å². The fourth-order valence-corrected chi connectivity index (χ4v) is 3.79. The van der Waals surface area contributed by atoms with Crippen molar-refractivity contribution in [2.45, 2.75) is 31.6 Å². The van der Waals surface area contributed by atoms with Crippen LogP contribution >= 0.6 is 0 Å². The molecule has 1 N–H and O–H groups in total. The molecule has 0 aliphatic carbocycles. The molecule has 24 heavy (non-hydrogen) atoms. The van der Waals surface area contributed by atoms with Gasteiger partial charge in [-0.1, -0.05) is 36.8 Å². The van der Waals surface area contributed by atoms with E-state index in [1.54, 1.807) is 36.4 Å². The zero-order valence-electron chi connectivity index (χ0n) is 13.8. The Morgan fingerprint density at radius 2 is 1.62 bits per heavy atom. The molecule has 128 valence electrons. The number of sulfonamides is 1. The molecule has 2 aromatic rings. The quantitative estimate of drug-likeness (QED) is 0.834. The van der Waals surface area contributed by atoms with Gasteiger partial charge in [0.15, 0.2) is 0 Å². The molecule has 0 atom stereocenters. The average Bonchev–Trinajstić information content (AvgIpc) is 2.55. The Kier molecular flexibility index (Phi) is 5.62. The van der Waals surface area contributed by atoms with Gasteiger partial charge in [0.2, 0.25) is 0 Å². The summed E-state index contributed by atoms with van der Waals surface area (Å²) in [4.78, 5) is 11.1. The first kappa shape index (κ1) is 18.0. The van der Waals surface area contributed by atoms with Crippen LogP contribution in [0.5, 0.6) is 0 Å². The van der Waals surface area contributed by atoms with E-state index in [0.717, 1.165) is 21.9 Å². The van der Waals surface area contributed by atoms with Crippen LogP contribution in [0.3, 0.4) is 0 Å². The van der Waals surface area contributed by atoms with E-state index in [9.17, 15) is 13.2 Å².